The molecular weight excluding hydrogens is 496 g/mol. The average Bonchev–Trinajstić information content (AvgIpc) is 2.78. The van der Waals surface area contributed by atoms with E-state index in [4.69, 9.17) is 9.47 Å². The number of thiol groups is 1. The van der Waals surface area contributed by atoms with Gasteiger partial charge in [-0.2, -0.15) is 12.6 Å². The van der Waals surface area contributed by atoms with Crippen LogP contribution in [0.1, 0.15) is 61.3 Å². The summed E-state index contributed by atoms with van der Waals surface area (Å²) in [5.74, 6) is -0.572. The van der Waals surface area contributed by atoms with Crippen molar-refractivity contribution in [2.75, 3.05) is 46.6 Å². The molecule has 0 aliphatic carbocycles. The molecule has 0 radical (unpaired) electrons. The number of ether oxygens (including phenoxy) is 2. The second kappa shape index (κ2) is 19.4. The Bertz CT molecular complexity index is 703. The normalized spacial score (nSPS) is 14.1. The second-order valence-electron chi connectivity index (χ2n) is 10.3. The van der Waals surface area contributed by atoms with Crippen LogP contribution in [0.15, 0.2) is 0 Å². The van der Waals surface area contributed by atoms with E-state index in [1.54, 1.807) is 6.92 Å². The maximum Gasteiger partial charge on any atom is 0.238 e. The summed E-state index contributed by atoms with van der Waals surface area (Å²) in [6, 6.07) is -0.911. The van der Waals surface area contributed by atoms with Gasteiger partial charge in [0.25, 0.3) is 0 Å². The topological polar surface area (TPSA) is 126 Å². The number of carbonyl (C=O) groups excluding carboxylic acids is 4. The van der Waals surface area contributed by atoms with Crippen molar-refractivity contribution in [3.8, 4) is 0 Å². The molecule has 0 aliphatic rings. The molecule has 0 bridgehead atoms. The number of rotatable bonds is 20. The minimum absolute atomic E-state index is 0.0305. The molecule has 11 heteroatoms. The lowest BCUT2D eigenvalue weighted by Gasteiger charge is -2.32. The van der Waals surface area contributed by atoms with Crippen LogP contribution in [0.3, 0.4) is 0 Å². The zero-order chi connectivity index (χ0) is 28.5. The Labute approximate surface area is 228 Å². The number of ketones is 1. The van der Waals surface area contributed by atoms with Crippen molar-refractivity contribution in [1.82, 2.24) is 20.9 Å². The van der Waals surface area contributed by atoms with Gasteiger partial charge in [-0.05, 0) is 39.7 Å². The molecule has 3 N–H and O–H groups in total. The highest BCUT2D eigenvalue weighted by Gasteiger charge is 2.32. The maximum absolute atomic E-state index is 13.0. The molecule has 0 spiro atoms. The van der Waals surface area contributed by atoms with Gasteiger partial charge < -0.3 is 25.4 Å². The molecule has 0 saturated heterocycles. The van der Waals surface area contributed by atoms with Gasteiger partial charge in [-0.3, -0.25) is 24.1 Å². The van der Waals surface area contributed by atoms with Crippen molar-refractivity contribution in [2.45, 2.75) is 84.7 Å². The van der Waals surface area contributed by atoms with Crippen LogP contribution < -0.4 is 16.0 Å². The van der Waals surface area contributed by atoms with E-state index >= 15 is 0 Å². The van der Waals surface area contributed by atoms with Crippen molar-refractivity contribution in [3.05, 3.63) is 0 Å². The number of Topliss-reactive ketones (excluding diaryl/α,β-unsaturated/α-hetero) is 1. The summed E-state index contributed by atoms with van der Waals surface area (Å²) in [6.07, 6.45) is 0.311. The number of hydrogen-bond donors (Lipinski definition) is 4. The molecule has 0 aliphatic heterocycles. The average molecular weight is 547 g/mol. The Hall–Kier alpha value is -1.69. The summed E-state index contributed by atoms with van der Waals surface area (Å²) in [5, 5.41) is 7.95. The quantitative estimate of drug-likeness (QED) is 0.134. The maximum atomic E-state index is 13.0. The lowest BCUT2D eigenvalue weighted by atomic mass is 9.95. The molecule has 0 saturated carbocycles. The van der Waals surface area contributed by atoms with Crippen molar-refractivity contribution in [1.29, 1.82) is 0 Å². The van der Waals surface area contributed by atoms with Crippen LogP contribution >= 0.6 is 12.6 Å². The summed E-state index contributed by atoms with van der Waals surface area (Å²) in [4.78, 5) is 50.7. The summed E-state index contributed by atoms with van der Waals surface area (Å²) in [7, 11) is 1.87. The smallest absolute Gasteiger partial charge is 0.238 e. The van der Waals surface area contributed by atoms with Gasteiger partial charge in [0, 0.05) is 32.0 Å². The first-order valence-corrected chi connectivity index (χ1v) is 13.7. The van der Waals surface area contributed by atoms with E-state index in [1.165, 1.54) is 0 Å². The molecule has 0 rings (SSSR count). The van der Waals surface area contributed by atoms with Gasteiger partial charge in [0.05, 0.1) is 43.8 Å². The zero-order valence-corrected chi connectivity index (χ0v) is 24.9. The number of hydrogen-bond acceptors (Lipinski definition) is 8. The minimum Gasteiger partial charge on any atom is -0.378 e. The largest absolute Gasteiger partial charge is 0.378 e. The Balaban J connectivity index is 4.21. The van der Waals surface area contributed by atoms with Gasteiger partial charge in [0.1, 0.15) is 0 Å². The fourth-order valence-corrected chi connectivity index (χ4v) is 3.88. The summed E-state index contributed by atoms with van der Waals surface area (Å²) in [6.45, 7) is 15.7. The van der Waals surface area contributed by atoms with Crippen molar-refractivity contribution >= 4 is 36.1 Å². The van der Waals surface area contributed by atoms with Gasteiger partial charge in [-0.25, -0.2) is 0 Å². The van der Waals surface area contributed by atoms with E-state index < -0.39 is 17.3 Å². The monoisotopic (exact) mass is 546 g/mol. The van der Waals surface area contributed by atoms with E-state index in [9.17, 15) is 19.2 Å². The Morgan fingerprint density at radius 3 is 1.86 bits per heavy atom. The zero-order valence-electron chi connectivity index (χ0n) is 24.0. The Morgan fingerprint density at radius 1 is 0.784 bits per heavy atom. The van der Waals surface area contributed by atoms with E-state index in [-0.39, 0.29) is 54.2 Å². The standard InChI is InChI=1S/C26H50N4O6S/c1-17(2)23(25(33)20(7)37)29-26(34)24(18(3)4)30(8)12-14-36-16-15-35-13-11-27-21(31)9-10-22(32)28-19(5)6/h17-20,23-24,37H,9-16H2,1-8H3,(H,27,31)(H,28,32)(H,29,34)/t20?,23-,24-/m0/s1. The molecule has 3 atom stereocenters. The van der Waals surface area contributed by atoms with Crippen LogP contribution in [0.5, 0.6) is 0 Å². The fourth-order valence-electron chi connectivity index (χ4n) is 3.72. The third-order valence-corrected chi connectivity index (χ3v) is 5.87. The minimum atomic E-state index is -0.572. The number of nitrogens with one attached hydrogen (secondary N) is 3. The molecule has 0 aromatic heterocycles. The number of likely N-dealkylation sites (N-methyl/N-ethyl adjacent to an activating group) is 1. The lowest BCUT2D eigenvalue weighted by Crippen LogP contribution is -2.55. The van der Waals surface area contributed by atoms with Crippen molar-refractivity contribution in [3.63, 3.8) is 0 Å². The van der Waals surface area contributed by atoms with Gasteiger partial charge in [0.2, 0.25) is 17.7 Å². The molecular formula is C26H50N4O6S. The third kappa shape index (κ3) is 16.0. The van der Waals surface area contributed by atoms with Crippen LogP contribution in [-0.2, 0) is 28.7 Å². The van der Waals surface area contributed by atoms with Crippen LogP contribution in [0.25, 0.3) is 0 Å². The predicted octanol–water partition coefficient (Wildman–Crippen LogP) is 1.43. The highest BCUT2D eigenvalue weighted by Crippen LogP contribution is 2.13. The molecule has 0 aromatic carbocycles. The van der Waals surface area contributed by atoms with Crippen molar-refractivity contribution < 1.29 is 28.7 Å². The van der Waals surface area contributed by atoms with E-state index in [0.717, 1.165) is 0 Å². The molecule has 216 valence electrons. The van der Waals surface area contributed by atoms with Gasteiger partial charge in [0.15, 0.2) is 5.78 Å². The number of nitrogens with zero attached hydrogens (tertiary/aromatic N) is 1. The molecule has 0 fully saturated rings. The first-order valence-electron chi connectivity index (χ1n) is 13.2. The molecule has 3 amide bonds. The van der Waals surface area contributed by atoms with Crippen LogP contribution in [0.2, 0.25) is 0 Å². The summed E-state index contributed by atoms with van der Waals surface area (Å²) >= 11 is 4.24. The summed E-state index contributed by atoms with van der Waals surface area (Å²) < 4.78 is 11.1. The van der Waals surface area contributed by atoms with E-state index in [0.29, 0.717) is 39.5 Å². The van der Waals surface area contributed by atoms with Gasteiger partial charge >= 0.3 is 0 Å². The van der Waals surface area contributed by atoms with Crippen LogP contribution in [0.4, 0.5) is 0 Å². The molecule has 0 aromatic rings. The SMILES string of the molecule is CC(C)NC(=O)CCC(=O)NCCOCCOCCN(C)[C@H](C(=O)N[C@H](C(=O)C(C)S)C(C)C)C(C)C. The fraction of sp³-hybridized carbons (Fsp3) is 0.846. The predicted molar refractivity (Wildman–Crippen MR) is 149 cm³/mol. The first kappa shape index (κ1) is 35.3. The van der Waals surface area contributed by atoms with E-state index in [2.05, 4.69) is 28.6 Å². The second-order valence-corrected chi connectivity index (χ2v) is 11.0. The Kier molecular flexibility index (Phi) is 18.5. The molecule has 37 heavy (non-hydrogen) atoms. The van der Waals surface area contributed by atoms with Crippen LogP contribution in [0, 0.1) is 11.8 Å². The number of amides is 3. The van der Waals surface area contributed by atoms with E-state index in [1.807, 2.05) is 53.5 Å². The third-order valence-electron chi connectivity index (χ3n) is 5.62. The lowest BCUT2D eigenvalue weighted by molar-refractivity contribution is -0.132. The van der Waals surface area contributed by atoms with Gasteiger partial charge in [-0.1, -0.05) is 27.7 Å². The summed E-state index contributed by atoms with van der Waals surface area (Å²) in [5.41, 5.74) is 0. The molecule has 0 heterocycles. The number of carbonyl (C=O) groups is 4. The highest BCUT2D eigenvalue weighted by atomic mass is 32.1. The molecule has 1 unspecified atom stereocenters. The van der Waals surface area contributed by atoms with Crippen molar-refractivity contribution in [2.24, 2.45) is 11.8 Å². The van der Waals surface area contributed by atoms with Gasteiger partial charge in [-0.15, -0.1) is 0 Å². The Morgan fingerprint density at radius 2 is 1.35 bits per heavy atom. The molecule has 10 nitrogen and oxygen atoms in total. The van der Waals surface area contributed by atoms with Crippen LogP contribution in [-0.4, -0.2) is 98.3 Å². The first-order chi connectivity index (χ1) is 17.3. The highest BCUT2D eigenvalue weighted by molar-refractivity contribution is 7.81.